The van der Waals surface area contributed by atoms with Gasteiger partial charge >= 0.3 is 0 Å². The Morgan fingerprint density at radius 2 is 1.65 bits per heavy atom. The monoisotopic (exact) mass is 964 g/mol. The smallest absolute Gasteiger partial charge is 0.249 e. The largest absolute Gasteiger partial charge is 0.356 e. The maximum atomic E-state index is 16.3. The van der Waals surface area contributed by atoms with Gasteiger partial charge in [-0.1, -0.05) is 85.4 Å². The SMILES string of the molecule is C=C1c2cccc(CC3CCN(CCCNC(=O)C4CCC(CC(=O)[C@@H]5NC6(CCCCC6)[C@@]6(C(=O)Nc7cc(Cl)ccc76)[C@H]5c5cccc(Cl)c5F)CC4)CC3)c2CN1C1CCC(=O)NC1=O. The molecule has 2 aliphatic carbocycles. The average Bonchev–Trinajstić information content (AvgIpc) is 3.93. The number of imide groups is 1. The van der Waals surface area contributed by atoms with Gasteiger partial charge in [-0.15, -0.1) is 0 Å². The molecular formula is C54H63Cl2FN6O5. The van der Waals surface area contributed by atoms with Crippen LogP contribution in [-0.4, -0.2) is 83.0 Å². The first kappa shape index (κ1) is 47.1. The number of likely N-dealkylation sites (tertiary alicyclic amines) is 1. The highest BCUT2D eigenvalue weighted by molar-refractivity contribution is 6.31. The van der Waals surface area contributed by atoms with Crippen molar-refractivity contribution in [3.63, 3.8) is 0 Å². The Bertz CT molecular complexity index is 2510. The van der Waals surface area contributed by atoms with E-state index in [1.165, 1.54) is 17.2 Å². The number of hydrogen-bond donors (Lipinski definition) is 4. The molecule has 2 spiro atoms. The number of hydrogen-bond acceptors (Lipinski definition) is 8. The highest BCUT2D eigenvalue weighted by Crippen LogP contribution is 2.63. The molecule has 7 aliphatic rings. The summed E-state index contributed by atoms with van der Waals surface area (Å²) in [7, 11) is 0. The van der Waals surface area contributed by atoms with E-state index in [1.54, 1.807) is 24.3 Å². The Labute approximate surface area is 408 Å². The fourth-order valence-electron chi connectivity index (χ4n) is 13.7. The molecule has 4 amide bonds. The van der Waals surface area contributed by atoms with E-state index in [0.717, 1.165) is 94.2 Å². The summed E-state index contributed by atoms with van der Waals surface area (Å²) >= 11 is 12.9. The molecule has 0 bridgehead atoms. The number of fused-ring (bicyclic) bond motifs is 4. The highest BCUT2D eigenvalue weighted by atomic mass is 35.5. The van der Waals surface area contributed by atoms with Crippen LogP contribution >= 0.6 is 23.2 Å². The summed E-state index contributed by atoms with van der Waals surface area (Å²) in [6.45, 7) is 8.58. The van der Waals surface area contributed by atoms with Gasteiger partial charge in [-0.2, -0.15) is 0 Å². The quantitative estimate of drug-likeness (QED) is 0.105. The summed E-state index contributed by atoms with van der Waals surface area (Å²) in [4.78, 5) is 72.0. The van der Waals surface area contributed by atoms with Crippen molar-refractivity contribution in [1.82, 2.24) is 25.8 Å². The molecule has 3 aromatic rings. The van der Waals surface area contributed by atoms with Crippen molar-refractivity contribution >= 4 is 64.0 Å². The molecule has 1 unspecified atom stereocenters. The molecule has 5 heterocycles. The standard InChI is InChI=1S/C54H63Cl2FN6O5/c1-32-38-9-5-8-36(40(38)31-63(32)44-18-19-46(65)60-51(44)67)28-34-20-26-62(27-21-34)25-7-24-58-50(66)35-14-12-33(13-15-35)29-45(64)49-47(39-10-6-11-42(56)48(39)57)54(53(61-49)22-3-2-4-23-53)41-17-16-37(55)30-43(41)59-52(54)68/h5-6,8-11,16-17,30,33-35,44,47,49,61H,1-4,7,12-15,18-29,31H2,(H,58,66)(H,59,68)(H,60,65,67)/t33?,35?,44?,47-,49-,54+/m0/s1. The van der Waals surface area contributed by atoms with Gasteiger partial charge in [-0.3, -0.25) is 34.6 Å². The van der Waals surface area contributed by atoms with Crippen LogP contribution in [0.4, 0.5) is 10.1 Å². The third-order valence-corrected chi connectivity index (χ3v) is 17.6. The number of carbonyl (C=O) groups excluding carboxylic acids is 5. The molecular weight excluding hydrogens is 903 g/mol. The fraction of sp³-hybridized carbons (Fsp3) is 0.537. The van der Waals surface area contributed by atoms with Gasteiger partial charge in [0.1, 0.15) is 17.3 Å². The number of carbonyl (C=O) groups is 5. The van der Waals surface area contributed by atoms with Crippen LogP contribution in [0.5, 0.6) is 0 Å². The van der Waals surface area contributed by atoms with Crippen LogP contribution in [0.25, 0.3) is 5.70 Å². The lowest BCUT2D eigenvalue weighted by Gasteiger charge is -2.47. The average molecular weight is 966 g/mol. The number of amides is 4. The number of nitrogens with one attached hydrogen (secondary N) is 4. The van der Waals surface area contributed by atoms with Crippen molar-refractivity contribution < 1.29 is 28.4 Å². The summed E-state index contributed by atoms with van der Waals surface area (Å²) < 4.78 is 16.3. The Kier molecular flexibility index (Phi) is 13.4. The highest BCUT2D eigenvalue weighted by Gasteiger charge is 2.72. The summed E-state index contributed by atoms with van der Waals surface area (Å²) in [5.74, 6) is -1.50. The summed E-state index contributed by atoms with van der Waals surface area (Å²) in [6, 6.07) is 15.5. The van der Waals surface area contributed by atoms with Crippen LogP contribution in [0.2, 0.25) is 10.0 Å². The Balaban J connectivity index is 0.705. The molecule has 3 aromatic carbocycles. The Morgan fingerprint density at radius 3 is 2.41 bits per heavy atom. The van der Waals surface area contributed by atoms with Gasteiger partial charge in [-0.05, 0) is 143 Å². The summed E-state index contributed by atoms with van der Waals surface area (Å²) in [6.07, 6.45) is 12.3. The maximum absolute atomic E-state index is 16.3. The second-order valence-corrected chi connectivity index (χ2v) is 21.7. The first-order valence-electron chi connectivity index (χ1n) is 25.1. The number of ketones is 1. The van der Waals surface area contributed by atoms with Gasteiger partial charge in [0, 0.05) is 65.3 Å². The van der Waals surface area contributed by atoms with Crippen LogP contribution < -0.4 is 21.3 Å². The first-order valence-corrected chi connectivity index (χ1v) is 25.9. The van der Waals surface area contributed by atoms with Gasteiger partial charge in [0.2, 0.25) is 23.6 Å². The zero-order valence-electron chi connectivity index (χ0n) is 38.8. The maximum Gasteiger partial charge on any atom is 0.249 e. The molecule has 4 atom stereocenters. The summed E-state index contributed by atoms with van der Waals surface area (Å²) in [5.41, 5.74) is 4.14. The zero-order valence-corrected chi connectivity index (χ0v) is 40.3. The molecule has 5 aliphatic heterocycles. The molecule has 0 aromatic heterocycles. The van der Waals surface area contributed by atoms with Crippen molar-refractivity contribution in [1.29, 1.82) is 0 Å². The second-order valence-electron chi connectivity index (χ2n) is 20.8. The van der Waals surface area contributed by atoms with E-state index in [0.29, 0.717) is 68.2 Å². The predicted octanol–water partition coefficient (Wildman–Crippen LogP) is 8.60. The van der Waals surface area contributed by atoms with Crippen LogP contribution in [0.15, 0.2) is 61.2 Å². The number of halogens is 3. The number of anilines is 1. The summed E-state index contributed by atoms with van der Waals surface area (Å²) in [5, 5.41) is 13.0. The lowest BCUT2D eigenvalue weighted by atomic mass is 9.55. The van der Waals surface area contributed by atoms with Gasteiger partial charge in [-0.25, -0.2) is 4.39 Å². The molecule has 5 fully saturated rings. The Hall–Kier alpha value is -4.62. The first-order chi connectivity index (χ1) is 32.9. The van der Waals surface area contributed by atoms with E-state index < -0.39 is 28.7 Å². The minimum absolute atomic E-state index is 0.0309. The molecule has 4 N–H and O–H groups in total. The molecule has 11 nitrogen and oxygen atoms in total. The Morgan fingerprint density at radius 1 is 0.882 bits per heavy atom. The molecule has 0 radical (unpaired) electrons. The number of benzene rings is 3. The lowest BCUT2D eigenvalue weighted by molar-refractivity contribution is -0.136. The van der Waals surface area contributed by atoms with Crippen LogP contribution in [0.3, 0.4) is 0 Å². The minimum Gasteiger partial charge on any atom is -0.356 e. The molecule has 10 rings (SSSR count). The fourth-order valence-corrected chi connectivity index (χ4v) is 14.0. The van der Waals surface area contributed by atoms with E-state index in [4.69, 9.17) is 23.2 Å². The molecule has 3 saturated heterocycles. The van der Waals surface area contributed by atoms with Crippen molar-refractivity contribution in [3.05, 3.63) is 105 Å². The van der Waals surface area contributed by atoms with E-state index in [2.05, 4.69) is 55.8 Å². The van der Waals surface area contributed by atoms with E-state index in [-0.39, 0.29) is 64.3 Å². The van der Waals surface area contributed by atoms with Crippen molar-refractivity contribution in [3.8, 4) is 0 Å². The number of rotatable bonds is 12. The van der Waals surface area contributed by atoms with Crippen molar-refractivity contribution in [2.45, 2.75) is 138 Å². The van der Waals surface area contributed by atoms with Crippen molar-refractivity contribution in [2.75, 3.05) is 31.5 Å². The number of Topliss-reactive ketones (excluding diaryl/α,β-unsaturated/α-hetero) is 1. The topological polar surface area (TPSA) is 140 Å². The third kappa shape index (κ3) is 8.49. The number of nitrogens with zero attached hydrogens (tertiary/aromatic N) is 2. The molecule has 14 heteroatoms. The van der Waals surface area contributed by atoms with Gasteiger partial charge in [0.05, 0.1) is 11.1 Å². The molecule has 2 saturated carbocycles. The van der Waals surface area contributed by atoms with Crippen LogP contribution in [0, 0.1) is 23.6 Å². The lowest BCUT2D eigenvalue weighted by Crippen LogP contribution is -2.60. The van der Waals surface area contributed by atoms with E-state index in [1.807, 2.05) is 6.07 Å². The van der Waals surface area contributed by atoms with E-state index in [9.17, 15) is 24.0 Å². The van der Waals surface area contributed by atoms with E-state index >= 15 is 4.39 Å². The van der Waals surface area contributed by atoms with Gasteiger partial charge in [0.25, 0.3) is 0 Å². The van der Waals surface area contributed by atoms with Crippen molar-refractivity contribution in [2.24, 2.45) is 17.8 Å². The van der Waals surface area contributed by atoms with Crippen LogP contribution in [-0.2, 0) is 42.4 Å². The van der Waals surface area contributed by atoms with Gasteiger partial charge < -0.3 is 20.4 Å². The molecule has 360 valence electrons. The normalized spacial score (nSPS) is 28.2. The van der Waals surface area contributed by atoms with Crippen LogP contribution in [0.1, 0.15) is 130 Å². The number of piperidine rings is 2. The molecule has 68 heavy (non-hydrogen) atoms. The minimum atomic E-state index is -1.25. The van der Waals surface area contributed by atoms with Gasteiger partial charge in [0.15, 0.2) is 5.78 Å². The third-order valence-electron chi connectivity index (χ3n) is 17.1. The predicted molar refractivity (Wildman–Crippen MR) is 261 cm³/mol. The zero-order chi connectivity index (χ0) is 47.3. The second kappa shape index (κ2) is 19.3.